The van der Waals surface area contributed by atoms with Gasteiger partial charge in [-0.1, -0.05) is 12.8 Å². The lowest BCUT2D eigenvalue weighted by Gasteiger charge is -2.30. The molecule has 1 saturated heterocycles. The molecule has 1 aromatic heterocycles. The first kappa shape index (κ1) is 19.7. The Balaban J connectivity index is 1.72. The number of amides is 1. The molecule has 27 heavy (non-hydrogen) atoms. The SMILES string of the molecule is COc1ccc(C(=O)NCC(c2ccsc2)N2CCCCCC2)c(OC)c1. The molecule has 2 heterocycles. The highest BCUT2D eigenvalue weighted by Crippen LogP contribution is 2.27. The monoisotopic (exact) mass is 388 g/mol. The number of nitrogens with zero attached hydrogens (tertiary/aromatic N) is 1. The molecule has 1 N–H and O–H groups in total. The molecule has 1 atom stereocenters. The Hall–Kier alpha value is -2.05. The lowest BCUT2D eigenvalue weighted by Crippen LogP contribution is -2.38. The molecule has 146 valence electrons. The molecule has 0 aliphatic carbocycles. The number of methoxy groups -OCH3 is 2. The quantitative estimate of drug-likeness (QED) is 0.775. The normalized spacial score (nSPS) is 16.4. The van der Waals surface area contributed by atoms with Crippen molar-refractivity contribution >= 4 is 17.2 Å². The van der Waals surface area contributed by atoms with Crippen LogP contribution >= 0.6 is 11.3 Å². The molecule has 0 radical (unpaired) electrons. The predicted molar refractivity (Wildman–Crippen MR) is 109 cm³/mol. The molecule has 1 fully saturated rings. The van der Waals surface area contributed by atoms with Gasteiger partial charge in [-0.25, -0.2) is 0 Å². The smallest absolute Gasteiger partial charge is 0.255 e. The molecule has 1 aliphatic rings. The third-order valence-corrected chi connectivity index (χ3v) is 5.82. The number of benzene rings is 1. The Morgan fingerprint density at radius 3 is 2.56 bits per heavy atom. The van der Waals surface area contributed by atoms with E-state index in [0.717, 1.165) is 13.1 Å². The van der Waals surface area contributed by atoms with Crippen LogP contribution in [0.5, 0.6) is 11.5 Å². The van der Waals surface area contributed by atoms with E-state index in [9.17, 15) is 4.79 Å². The maximum absolute atomic E-state index is 12.8. The van der Waals surface area contributed by atoms with E-state index in [-0.39, 0.29) is 11.9 Å². The number of likely N-dealkylation sites (tertiary alicyclic amines) is 1. The van der Waals surface area contributed by atoms with E-state index in [0.29, 0.717) is 23.6 Å². The first-order valence-corrected chi connectivity index (χ1v) is 10.4. The molecule has 2 aromatic rings. The number of carbonyl (C=O) groups is 1. The lowest BCUT2D eigenvalue weighted by molar-refractivity contribution is 0.0930. The first-order chi connectivity index (χ1) is 13.2. The van der Waals surface area contributed by atoms with Gasteiger partial charge in [0.25, 0.3) is 5.91 Å². The van der Waals surface area contributed by atoms with Crippen molar-refractivity contribution in [1.82, 2.24) is 10.2 Å². The van der Waals surface area contributed by atoms with Crippen molar-refractivity contribution in [3.63, 3.8) is 0 Å². The van der Waals surface area contributed by atoms with Crippen molar-refractivity contribution in [3.05, 3.63) is 46.2 Å². The first-order valence-electron chi connectivity index (χ1n) is 9.49. The minimum atomic E-state index is -0.121. The Labute approximate surface area is 165 Å². The Morgan fingerprint density at radius 1 is 1.15 bits per heavy atom. The highest BCUT2D eigenvalue weighted by atomic mass is 32.1. The minimum Gasteiger partial charge on any atom is -0.497 e. The average molecular weight is 389 g/mol. The van der Waals surface area contributed by atoms with Gasteiger partial charge in [0.1, 0.15) is 11.5 Å². The summed E-state index contributed by atoms with van der Waals surface area (Å²) in [6.07, 6.45) is 5.03. The predicted octanol–water partition coefficient (Wildman–Crippen LogP) is 4.11. The fourth-order valence-electron chi connectivity index (χ4n) is 3.60. The summed E-state index contributed by atoms with van der Waals surface area (Å²) in [6.45, 7) is 2.76. The van der Waals surface area contributed by atoms with Gasteiger partial charge in [-0.05, 0) is 60.5 Å². The van der Waals surface area contributed by atoms with Gasteiger partial charge in [0.15, 0.2) is 0 Å². The summed E-state index contributed by atoms with van der Waals surface area (Å²) in [5.74, 6) is 1.07. The van der Waals surface area contributed by atoms with Crippen LogP contribution in [0.2, 0.25) is 0 Å². The second-order valence-corrected chi connectivity index (χ2v) is 7.58. The topological polar surface area (TPSA) is 50.8 Å². The van der Waals surface area contributed by atoms with Crippen LogP contribution in [0, 0.1) is 0 Å². The fourth-order valence-corrected chi connectivity index (χ4v) is 4.31. The highest BCUT2D eigenvalue weighted by molar-refractivity contribution is 7.07. The molecule has 1 aliphatic heterocycles. The van der Waals surface area contributed by atoms with Crippen molar-refractivity contribution in [3.8, 4) is 11.5 Å². The van der Waals surface area contributed by atoms with Crippen LogP contribution in [-0.4, -0.2) is 44.7 Å². The van der Waals surface area contributed by atoms with E-state index in [1.54, 1.807) is 43.8 Å². The van der Waals surface area contributed by atoms with Crippen LogP contribution in [0.1, 0.15) is 47.6 Å². The summed E-state index contributed by atoms with van der Waals surface area (Å²) >= 11 is 1.70. The number of nitrogens with one attached hydrogen (secondary N) is 1. The van der Waals surface area contributed by atoms with Crippen molar-refractivity contribution in [1.29, 1.82) is 0 Å². The third kappa shape index (κ3) is 5.02. The van der Waals surface area contributed by atoms with Gasteiger partial charge in [-0.2, -0.15) is 11.3 Å². The molecular formula is C21H28N2O3S. The zero-order chi connectivity index (χ0) is 19.1. The summed E-state index contributed by atoms with van der Waals surface area (Å²) in [5, 5.41) is 7.42. The standard InChI is InChI=1S/C21H28N2O3S/c1-25-17-7-8-18(20(13-17)26-2)21(24)22-14-19(16-9-12-27-15-16)23-10-5-3-4-6-11-23/h7-9,12-13,15,19H,3-6,10-11,14H2,1-2H3,(H,22,24). The van der Waals surface area contributed by atoms with Gasteiger partial charge in [-0.3, -0.25) is 9.69 Å². The second-order valence-electron chi connectivity index (χ2n) is 6.80. The number of ether oxygens (including phenoxy) is 2. The number of thiophene rings is 1. The maximum atomic E-state index is 12.8. The number of hydrogen-bond donors (Lipinski definition) is 1. The summed E-state index contributed by atoms with van der Waals surface area (Å²) in [6, 6.07) is 7.64. The van der Waals surface area contributed by atoms with Crippen molar-refractivity contribution in [2.45, 2.75) is 31.7 Å². The highest BCUT2D eigenvalue weighted by Gasteiger charge is 2.23. The van der Waals surface area contributed by atoms with E-state index >= 15 is 0 Å². The van der Waals surface area contributed by atoms with Gasteiger partial charge in [-0.15, -0.1) is 0 Å². The maximum Gasteiger partial charge on any atom is 0.255 e. The molecule has 6 heteroatoms. The molecule has 1 unspecified atom stereocenters. The Morgan fingerprint density at radius 2 is 1.93 bits per heavy atom. The Bertz CT molecular complexity index is 725. The van der Waals surface area contributed by atoms with Crippen molar-refractivity contribution < 1.29 is 14.3 Å². The van der Waals surface area contributed by atoms with E-state index in [4.69, 9.17) is 9.47 Å². The Kier molecular flexibility index (Phi) is 7.12. The van der Waals surface area contributed by atoms with Gasteiger partial charge >= 0.3 is 0 Å². The lowest BCUT2D eigenvalue weighted by atomic mass is 10.1. The van der Waals surface area contributed by atoms with Gasteiger partial charge in [0.2, 0.25) is 0 Å². The number of hydrogen-bond acceptors (Lipinski definition) is 5. The summed E-state index contributed by atoms with van der Waals surface area (Å²) in [4.78, 5) is 15.3. The van der Waals surface area contributed by atoms with Crippen molar-refractivity contribution in [2.24, 2.45) is 0 Å². The van der Waals surface area contributed by atoms with Crippen LogP contribution < -0.4 is 14.8 Å². The van der Waals surface area contributed by atoms with Crippen LogP contribution in [0.15, 0.2) is 35.0 Å². The van der Waals surface area contributed by atoms with Crippen LogP contribution in [0.25, 0.3) is 0 Å². The third-order valence-electron chi connectivity index (χ3n) is 5.12. The van der Waals surface area contributed by atoms with Gasteiger partial charge in [0, 0.05) is 12.6 Å². The van der Waals surface area contributed by atoms with E-state index < -0.39 is 0 Å². The minimum absolute atomic E-state index is 0.121. The molecule has 0 saturated carbocycles. The molecule has 1 aromatic carbocycles. The second kappa shape index (κ2) is 9.76. The molecule has 1 amide bonds. The summed E-state index contributed by atoms with van der Waals surface area (Å²) < 4.78 is 10.6. The van der Waals surface area contributed by atoms with Crippen LogP contribution in [0.3, 0.4) is 0 Å². The summed E-state index contributed by atoms with van der Waals surface area (Å²) in [5.41, 5.74) is 1.81. The molecule has 5 nitrogen and oxygen atoms in total. The van der Waals surface area contributed by atoms with E-state index in [2.05, 4.69) is 27.0 Å². The largest absolute Gasteiger partial charge is 0.497 e. The number of rotatable bonds is 7. The number of carbonyl (C=O) groups excluding carboxylic acids is 1. The molecule has 3 rings (SSSR count). The van der Waals surface area contributed by atoms with Gasteiger partial charge < -0.3 is 14.8 Å². The molecule has 0 spiro atoms. The van der Waals surface area contributed by atoms with Gasteiger partial charge in [0.05, 0.1) is 25.8 Å². The average Bonchev–Trinajstić information content (AvgIpc) is 3.10. The van der Waals surface area contributed by atoms with E-state index in [1.165, 1.54) is 31.2 Å². The summed E-state index contributed by atoms with van der Waals surface area (Å²) in [7, 11) is 3.16. The van der Waals surface area contributed by atoms with Crippen molar-refractivity contribution in [2.75, 3.05) is 33.9 Å². The molecule has 0 bridgehead atoms. The van der Waals surface area contributed by atoms with Crippen LogP contribution in [0.4, 0.5) is 0 Å². The zero-order valence-corrected chi connectivity index (χ0v) is 16.9. The van der Waals surface area contributed by atoms with E-state index in [1.807, 2.05) is 0 Å². The zero-order valence-electron chi connectivity index (χ0n) is 16.1. The fraction of sp³-hybridized carbons (Fsp3) is 0.476. The van der Waals surface area contributed by atoms with Crippen LogP contribution in [-0.2, 0) is 0 Å². The molecular weight excluding hydrogens is 360 g/mol.